The summed E-state index contributed by atoms with van der Waals surface area (Å²) in [6.45, 7) is 13.6. The first-order valence-corrected chi connectivity index (χ1v) is 8.26. The van der Waals surface area contributed by atoms with E-state index in [1.165, 1.54) is 0 Å². The van der Waals surface area contributed by atoms with Crippen LogP contribution in [0.3, 0.4) is 0 Å². The molecule has 88 valence electrons. The van der Waals surface area contributed by atoms with Crippen molar-refractivity contribution in [2.45, 2.75) is 51.9 Å². The lowest BCUT2D eigenvalue weighted by atomic mass is 10.2. The van der Waals surface area contributed by atoms with E-state index in [0.717, 1.165) is 0 Å². The van der Waals surface area contributed by atoms with E-state index < -0.39 is 8.32 Å². The van der Waals surface area contributed by atoms with E-state index in [1.54, 1.807) is 7.11 Å². The smallest absolute Gasteiger partial charge is 0.193 e. The zero-order chi connectivity index (χ0) is 12.1. The lowest BCUT2D eigenvalue weighted by Crippen LogP contribution is -2.43. The van der Waals surface area contributed by atoms with Gasteiger partial charge >= 0.3 is 0 Å². The van der Waals surface area contributed by atoms with E-state index in [-0.39, 0.29) is 11.1 Å². The van der Waals surface area contributed by atoms with Crippen molar-refractivity contribution in [2.75, 3.05) is 13.7 Å². The van der Waals surface area contributed by atoms with E-state index in [1.807, 2.05) is 6.92 Å². The Morgan fingerprint density at radius 3 is 2.20 bits per heavy atom. The lowest BCUT2D eigenvalue weighted by Gasteiger charge is -2.37. The van der Waals surface area contributed by atoms with Crippen molar-refractivity contribution in [1.29, 1.82) is 0 Å². The molecule has 0 aromatic rings. The Balaban J connectivity index is 4.30. The Morgan fingerprint density at radius 2 is 1.80 bits per heavy atom. The highest BCUT2D eigenvalue weighted by atomic mass is 28.4. The molecule has 0 rings (SSSR count). The van der Waals surface area contributed by atoms with Gasteiger partial charge in [0.15, 0.2) is 8.32 Å². The summed E-state index contributed by atoms with van der Waals surface area (Å²) in [6, 6.07) is 0. The minimum Gasteiger partial charge on any atom is -0.404 e. The molecule has 0 bridgehead atoms. The molecule has 1 unspecified atom stereocenters. The van der Waals surface area contributed by atoms with Crippen LogP contribution in [0, 0.1) is 11.8 Å². The predicted molar refractivity (Wildman–Crippen MR) is 67.4 cm³/mol. The molecule has 1 atom stereocenters. The molecule has 0 saturated heterocycles. The fourth-order valence-corrected chi connectivity index (χ4v) is 2.20. The van der Waals surface area contributed by atoms with Gasteiger partial charge < -0.3 is 9.16 Å². The lowest BCUT2D eigenvalue weighted by molar-refractivity contribution is 0.236. The minimum absolute atomic E-state index is 0.000965. The molecule has 0 aliphatic rings. The van der Waals surface area contributed by atoms with Gasteiger partial charge in [0.2, 0.25) is 0 Å². The highest BCUT2D eigenvalue weighted by molar-refractivity contribution is 6.74. The van der Waals surface area contributed by atoms with Crippen molar-refractivity contribution < 1.29 is 9.16 Å². The molecule has 0 saturated carbocycles. The van der Waals surface area contributed by atoms with E-state index in [2.05, 4.69) is 45.7 Å². The third kappa shape index (κ3) is 5.36. The van der Waals surface area contributed by atoms with Crippen molar-refractivity contribution in [3.8, 4) is 11.8 Å². The summed E-state index contributed by atoms with van der Waals surface area (Å²) >= 11 is 0. The van der Waals surface area contributed by atoms with Gasteiger partial charge in [-0.15, -0.1) is 0 Å². The molecule has 0 aromatic carbocycles. The first-order valence-electron chi connectivity index (χ1n) is 5.36. The average Bonchev–Trinajstić information content (AvgIpc) is 2.01. The summed E-state index contributed by atoms with van der Waals surface area (Å²) in [5.74, 6) is 5.98. The average molecular weight is 228 g/mol. The zero-order valence-corrected chi connectivity index (χ0v) is 12.1. The Morgan fingerprint density at radius 1 is 1.27 bits per heavy atom. The second-order valence-electron chi connectivity index (χ2n) is 5.27. The van der Waals surface area contributed by atoms with E-state index >= 15 is 0 Å². The van der Waals surface area contributed by atoms with Crippen LogP contribution >= 0.6 is 0 Å². The van der Waals surface area contributed by atoms with Gasteiger partial charge in [-0.1, -0.05) is 32.6 Å². The van der Waals surface area contributed by atoms with Gasteiger partial charge in [0.1, 0.15) is 12.7 Å². The maximum Gasteiger partial charge on any atom is 0.193 e. The second-order valence-corrected chi connectivity index (χ2v) is 10.0. The highest BCUT2D eigenvalue weighted by Crippen LogP contribution is 2.37. The molecule has 2 nitrogen and oxygen atoms in total. The number of hydrogen-bond acceptors (Lipinski definition) is 2. The summed E-state index contributed by atoms with van der Waals surface area (Å²) in [6.07, 6.45) is 0.000965. The molecule has 0 aromatic heterocycles. The molecular weight excluding hydrogens is 204 g/mol. The van der Waals surface area contributed by atoms with Crippen molar-refractivity contribution in [3.63, 3.8) is 0 Å². The quantitative estimate of drug-likeness (QED) is 0.546. The van der Waals surface area contributed by atoms with Crippen LogP contribution in [-0.2, 0) is 9.16 Å². The number of hydrogen-bond donors (Lipinski definition) is 0. The molecule has 0 fully saturated rings. The molecule has 0 aliphatic carbocycles. The summed E-state index contributed by atoms with van der Waals surface area (Å²) in [4.78, 5) is 0. The highest BCUT2D eigenvalue weighted by Gasteiger charge is 2.38. The molecule has 0 heterocycles. The second kappa shape index (κ2) is 5.69. The number of methoxy groups -OCH3 is 1. The van der Waals surface area contributed by atoms with Gasteiger partial charge in [-0.25, -0.2) is 0 Å². The SMILES string of the molecule is COCC#CC(C)O[Si](C)(C)C(C)(C)C. The fraction of sp³-hybridized carbons (Fsp3) is 0.833. The molecule has 0 amide bonds. The van der Waals surface area contributed by atoms with Gasteiger partial charge in [0, 0.05) is 7.11 Å². The van der Waals surface area contributed by atoms with Crippen LogP contribution in [0.15, 0.2) is 0 Å². The van der Waals surface area contributed by atoms with Crippen molar-refractivity contribution in [2.24, 2.45) is 0 Å². The van der Waals surface area contributed by atoms with E-state index in [0.29, 0.717) is 6.61 Å². The van der Waals surface area contributed by atoms with Gasteiger partial charge in [-0.2, -0.15) is 0 Å². The Hall–Kier alpha value is -0.303. The van der Waals surface area contributed by atoms with Gasteiger partial charge in [-0.05, 0) is 25.1 Å². The third-order valence-corrected chi connectivity index (χ3v) is 7.35. The largest absolute Gasteiger partial charge is 0.404 e. The summed E-state index contributed by atoms with van der Waals surface area (Å²) < 4.78 is 10.9. The van der Waals surface area contributed by atoms with Crippen molar-refractivity contribution in [3.05, 3.63) is 0 Å². The van der Waals surface area contributed by atoms with E-state index in [9.17, 15) is 0 Å². The summed E-state index contributed by atoms with van der Waals surface area (Å²) in [5.41, 5.74) is 0. The molecule has 15 heavy (non-hydrogen) atoms. The maximum absolute atomic E-state index is 6.06. The van der Waals surface area contributed by atoms with Gasteiger partial charge in [0.25, 0.3) is 0 Å². The summed E-state index contributed by atoms with van der Waals surface area (Å²) in [5, 5.41) is 0.240. The monoisotopic (exact) mass is 228 g/mol. The third-order valence-electron chi connectivity index (χ3n) is 2.80. The molecular formula is C12H24O2Si. The van der Waals surface area contributed by atoms with Gasteiger partial charge in [-0.3, -0.25) is 0 Å². The van der Waals surface area contributed by atoms with Crippen LogP contribution in [0.1, 0.15) is 27.7 Å². The van der Waals surface area contributed by atoms with Crippen LogP contribution in [0.2, 0.25) is 18.1 Å². The maximum atomic E-state index is 6.06. The Kier molecular flexibility index (Phi) is 5.58. The number of ether oxygens (including phenoxy) is 1. The summed E-state index contributed by atoms with van der Waals surface area (Å²) in [7, 11) is -0.0246. The molecule has 0 radical (unpaired) electrons. The van der Waals surface area contributed by atoms with Gasteiger partial charge in [0.05, 0.1) is 0 Å². The standard InChI is InChI=1S/C12H24O2Si/c1-11(9-8-10-13-5)14-15(6,7)12(2,3)4/h11H,10H2,1-7H3. The fourth-order valence-electron chi connectivity index (χ4n) is 0.906. The molecule has 0 N–H and O–H groups in total. The number of rotatable bonds is 3. The van der Waals surface area contributed by atoms with Crippen LogP contribution in [0.4, 0.5) is 0 Å². The minimum atomic E-state index is -1.67. The Bertz CT molecular complexity index is 243. The molecule has 0 spiro atoms. The first-order chi connectivity index (χ1) is 6.70. The van der Waals surface area contributed by atoms with Crippen molar-refractivity contribution >= 4 is 8.32 Å². The predicted octanol–water partition coefficient (Wildman–Crippen LogP) is 3.05. The molecule has 3 heteroatoms. The van der Waals surface area contributed by atoms with Crippen molar-refractivity contribution in [1.82, 2.24) is 0 Å². The van der Waals surface area contributed by atoms with E-state index in [4.69, 9.17) is 9.16 Å². The van der Waals surface area contributed by atoms with Crippen LogP contribution in [0.5, 0.6) is 0 Å². The first kappa shape index (κ1) is 14.7. The van der Waals surface area contributed by atoms with Crippen LogP contribution in [0.25, 0.3) is 0 Å². The zero-order valence-electron chi connectivity index (χ0n) is 11.1. The topological polar surface area (TPSA) is 18.5 Å². The Labute approximate surface area is 95.5 Å². The normalized spacial score (nSPS) is 14.3. The van der Waals surface area contributed by atoms with Crippen LogP contribution in [-0.4, -0.2) is 28.1 Å². The molecule has 0 aliphatic heterocycles. The van der Waals surface area contributed by atoms with Crippen LogP contribution < -0.4 is 0 Å².